The van der Waals surface area contributed by atoms with Gasteiger partial charge in [0.1, 0.15) is 6.61 Å². The Kier molecular flexibility index (Phi) is 7.44. The lowest BCUT2D eigenvalue weighted by Gasteiger charge is -2.33. The molecule has 0 aliphatic carbocycles. The summed E-state index contributed by atoms with van der Waals surface area (Å²) in [7, 11) is 0. The summed E-state index contributed by atoms with van der Waals surface area (Å²) in [5, 5.41) is 3.07. The number of rotatable bonds is 7. The van der Waals surface area contributed by atoms with E-state index >= 15 is 0 Å². The number of carbonyl (C=O) groups is 2. The predicted molar refractivity (Wildman–Crippen MR) is 113 cm³/mol. The fraction of sp³-hybridized carbons (Fsp3) is 0.417. The van der Waals surface area contributed by atoms with Gasteiger partial charge in [-0.3, -0.25) is 9.59 Å². The molecular formula is C24H29FN2O3. The fourth-order valence-electron chi connectivity index (χ4n) is 3.66. The van der Waals surface area contributed by atoms with Gasteiger partial charge in [-0.05, 0) is 30.5 Å². The molecule has 1 heterocycles. The third kappa shape index (κ3) is 5.59. The van der Waals surface area contributed by atoms with E-state index < -0.39 is 11.9 Å². The number of carbonyl (C=O) groups excluding carboxylic acids is 2. The first-order valence-electron chi connectivity index (χ1n) is 10.5. The predicted octanol–water partition coefficient (Wildman–Crippen LogP) is 3.96. The van der Waals surface area contributed by atoms with Gasteiger partial charge in [0.05, 0.1) is 6.04 Å². The number of nitrogens with one attached hydrogen (secondary N) is 1. The smallest absolute Gasteiger partial charge is 0.225 e. The SMILES string of the molecule is CC(C)C(=O)N1CCC(C(=O)NC(COc2ccccc2F)c2ccccc2)CC1. The molecule has 3 rings (SSSR count). The molecule has 0 radical (unpaired) electrons. The van der Waals surface area contributed by atoms with Crippen LogP contribution in [0.3, 0.4) is 0 Å². The van der Waals surface area contributed by atoms with E-state index in [-0.39, 0.29) is 36.0 Å². The van der Waals surface area contributed by atoms with Crippen LogP contribution in [0.15, 0.2) is 54.6 Å². The summed E-state index contributed by atoms with van der Waals surface area (Å²) in [6, 6.07) is 15.4. The molecule has 0 spiro atoms. The highest BCUT2D eigenvalue weighted by Crippen LogP contribution is 2.23. The Balaban J connectivity index is 1.62. The van der Waals surface area contributed by atoms with Crippen LogP contribution in [0.5, 0.6) is 5.75 Å². The second-order valence-corrected chi connectivity index (χ2v) is 7.97. The van der Waals surface area contributed by atoms with Crippen LogP contribution in [0.4, 0.5) is 4.39 Å². The highest BCUT2D eigenvalue weighted by atomic mass is 19.1. The van der Waals surface area contributed by atoms with Crippen LogP contribution in [-0.4, -0.2) is 36.4 Å². The van der Waals surface area contributed by atoms with Crippen molar-refractivity contribution in [2.24, 2.45) is 11.8 Å². The third-order valence-electron chi connectivity index (χ3n) is 5.43. The first-order chi connectivity index (χ1) is 14.5. The summed E-state index contributed by atoms with van der Waals surface area (Å²) < 4.78 is 19.6. The van der Waals surface area contributed by atoms with Crippen molar-refractivity contribution < 1.29 is 18.7 Å². The number of likely N-dealkylation sites (tertiary alicyclic amines) is 1. The number of hydrogen-bond donors (Lipinski definition) is 1. The van der Waals surface area contributed by atoms with E-state index in [1.807, 2.05) is 49.1 Å². The zero-order valence-electron chi connectivity index (χ0n) is 17.5. The van der Waals surface area contributed by atoms with Gasteiger partial charge < -0.3 is 15.0 Å². The molecule has 2 aromatic carbocycles. The minimum absolute atomic E-state index is 0.0339. The van der Waals surface area contributed by atoms with Crippen molar-refractivity contribution in [2.75, 3.05) is 19.7 Å². The van der Waals surface area contributed by atoms with E-state index in [0.717, 1.165) is 5.56 Å². The molecule has 5 nitrogen and oxygen atoms in total. The lowest BCUT2D eigenvalue weighted by atomic mass is 9.94. The van der Waals surface area contributed by atoms with Gasteiger partial charge in [0.15, 0.2) is 11.6 Å². The topological polar surface area (TPSA) is 58.6 Å². The number of para-hydroxylation sites is 1. The normalized spacial score (nSPS) is 15.7. The molecule has 2 aromatic rings. The third-order valence-corrected chi connectivity index (χ3v) is 5.43. The van der Waals surface area contributed by atoms with E-state index in [1.54, 1.807) is 18.2 Å². The summed E-state index contributed by atoms with van der Waals surface area (Å²) in [6.45, 7) is 5.09. The Bertz CT molecular complexity index is 849. The van der Waals surface area contributed by atoms with Gasteiger partial charge in [0.2, 0.25) is 11.8 Å². The fourth-order valence-corrected chi connectivity index (χ4v) is 3.66. The van der Waals surface area contributed by atoms with Crippen LogP contribution < -0.4 is 10.1 Å². The number of nitrogens with zero attached hydrogens (tertiary/aromatic N) is 1. The average molecular weight is 413 g/mol. The molecule has 0 bridgehead atoms. The van der Waals surface area contributed by atoms with Crippen molar-refractivity contribution in [3.8, 4) is 5.75 Å². The number of amides is 2. The lowest BCUT2D eigenvalue weighted by Crippen LogP contribution is -2.45. The van der Waals surface area contributed by atoms with Crippen molar-refractivity contribution in [2.45, 2.75) is 32.7 Å². The van der Waals surface area contributed by atoms with Gasteiger partial charge >= 0.3 is 0 Å². The Hall–Kier alpha value is -2.89. The van der Waals surface area contributed by atoms with Crippen molar-refractivity contribution in [3.05, 3.63) is 66.0 Å². The second-order valence-electron chi connectivity index (χ2n) is 7.97. The molecule has 30 heavy (non-hydrogen) atoms. The van der Waals surface area contributed by atoms with Crippen LogP contribution in [0.1, 0.15) is 38.3 Å². The van der Waals surface area contributed by atoms with E-state index in [2.05, 4.69) is 5.32 Å². The maximum absolute atomic E-state index is 13.9. The molecule has 1 unspecified atom stereocenters. The lowest BCUT2D eigenvalue weighted by molar-refractivity contribution is -0.138. The number of ether oxygens (including phenoxy) is 1. The van der Waals surface area contributed by atoms with Crippen molar-refractivity contribution in [3.63, 3.8) is 0 Å². The number of hydrogen-bond acceptors (Lipinski definition) is 3. The van der Waals surface area contributed by atoms with E-state index in [9.17, 15) is 14.0 Å². The molecule has 160 valence electrons. The molecule has 2 amide bonds. The standard InChI is InChI=1S/C24H29FN2O3/c1-17(2)24(29)27-14-12-19(13-15-27)23(28)26-21(18-8-4-3-5-9-18)16-30-22-11-7-6-10-20(22)25/h3-11,17,19,21H,12-16H2,1-2H3,(H,26,28). The zero-order chi connectivity index (χ0) is 21.5. The Morgan fingerprint density at radius 3 is 2.33 bits per heavy atom. The molecule has 1 atom stereocenters. The summed E-state index contributed by atoms with van der Waals surface area (Å²) in [5.41, 5.74) is 0.898. The molecular weight excluding hydrogens is 383 g/mol. The van der Waals surface area contributed by atoms with Gasteiger partial charge in [-0.15, -0.1) is 0 Å². The molecule has 6 heteroatoms. The van der Waals surface area contributed by atoms with Gasteiger partial charge in [0, 0.05) is 24.9 Å². The van der Waals surface area contributed by atoms with Crippen LogP contribution in [0.25, 0.3) is 0 Å². The summed E-state index contributed by atoms with van der Waals surface area (Å²) in [4.78, 5) is 26.9. The number of benzene rings is 2. The summed E-state index contributed by atoms with van der Waals surface area (Å²) in [5.74, 6) is -0.382. The number of piperidine rings is 1. The Labute approximate surface area is 177 Å². The highest BCUT2D eigenvalue weighted by Gasteiger charge is 2.29. The van der Waals surface area contributed by atoms with E-state index in [0.29, 0.717) is 25.9 Å². The summed E-state index contributed by atoms with van der Waals surface area (Å²) in [6.07, 6.45) is 1.28. The van der Waals surface area contributed by atoms with Gasteiger partial charge in [-0.25, -0.2) is 4.39 Å². The van der Waals surface area contributed by atoms with E-state index in [4.69, 9.17) is 4.74 Å². The Morgan fingerprint density at radius 2 is 1.70 bits per heavy atom. The molecule has 0 aromatic heterocycles. The molecule has 1 aliphatic rings. The maximum Gasteiger partial charge on any atom is 0.225 e. The molecule has 1 fully saturated rings. The molecule has 1 saturated heterocycles. The van der Waals surface area contributed by atoms with Crippen molar-refractivity contribution in [1.82, 2.24) is 10.2 Å². The quantitative estimate of drug-likeness (QED) is 0.749. The van der Waals surface area contributed by atoms with Gasteiger partial charge in [-0.1, -0.05) is 56.3 Å². The molecule has 0 saturated carbocycles. The van der Waals surface area contributed by atoms with Gasteiger partial charge in [-0.2, -0.15) is 0 Å². The first kappa shape index (κ1) is 21.8. The minimum atomic E-state index is -0.433. The summed E-state index contributed by atoms with van der Waals surface area (Å²) >= 11 is 0. The van der Waals surface area contributed by atoms with Crippen molar-refractivity contribution in [1.29, 1.82) is 0 Å². The first-order valence-corrected chi connectivity index (χ1v) is 10.5. The minimum Gasteiger partial charge on any atom is -0.488 e. The van der Waals surface area contributed by atoms with Crippen LogP contribution in [0, 0.1) is 17.7 Å². The zero-order valence-corrected chi connectivity index (χ0v) is 17.5. The molecule has 1 N–H and O–H groups in total. The molecule has 1 aliphatic heterocycles. The highest BCUT2D eigenvalue weighted by molar-refractivity contribution is 5.81. The van der Waals surface area contributed by atoms with Gasteiger partial charge in [0.25, 0.3) is 0 Å². The van der Waals surface area contributed by atoms with Crippen LogP contribution in [-0.2, 0) is 9.59 Å². The van der Waals surface area contributed by atoms with Crippen LogP contribution in [0.2, 0.25) is 0 Å². The van der Waals surface area contributed by atoms with Crippen LogP contribution >= 0.6 is 0 Å². The Morgan fingerprint density at radius 1 is 1.07 bits per heavy atom. The van der Waals surface area contributed by atoms with E-state index in [1.165, 1.54) is 6.07 Å². The van der Waals surface area contributed by atoms with Crippen molar-refractivity contribution >= 4 is 11.8 Å². The number of halogens is 1. The average Bonchev–Trinajstić information content (AvgIpc) is 2.77. The largest absolute Gasteiger partial charge is 0.488 e. The maximum atomic E-state index is 13.9. The second kappa shape index (κ2) is 10.2. The monoisotopic (exact) mass is 412 g/mol.